The molecule has 4 heteroatoms. The van der Waals surface area contributed by atoms with Crippen LogP contribution in [0.1, 0.15) is 196 Å². The molecule has 0 spiro atoms. The van der Waals surface area contributed by atoms with E-state index in [2.05, 4.69) is 55.9 Å². The van der Waals surface area contributed by atoms with Gasteiger partial charge in [-0.05, 0) is 38.5 Å². The van der Waals surface area contributed by atoms with Crippen LogP contribution in [-0.4, -0.2) is 59.6 Å². The van der Waals surface area contributed by atoms with E-state index in [0.717, 1.165) is 0 Å². The van der Waals surface area contributed by atoms with E-state index in [9.17, 15) is 0 Å². The maximum atomic E-state index is 2.85. The van der Waals surface area contributed by atoms with Crippen LogP contribution >= 0.6 is 0 Å². The van der Waals surface area contributed by atoms with Crippen molar-refractivity contribution in [3.63, 3.8) is 0 Å². The van der Waals surface area contributed by atoms with Gasteiger partial charge in [-0.2, -0.15) is 0 Å². The van der Waals surface area contributed by atoms with E-state index in [-0.39, 0.29) is 12.4 Å². The summed E-state index contributed by atoms with van der Waals surface area (Å²) < 4.78 is 2.82. The van der Waals surface area contributed by atoms with E-state index in [4.69, 9.17) is 0 Å². The third-order valence-corrected chi connectivity index (χ3v) is 8.54. The van der Waals surface area contributed by atoms with Crippen LogP contribution in [0.3, 0.4) is 0 Å². The molecule has 0 saturated carbocycles. The first-order valence-corrected chi connectivity index (χ1v) is 18.8. The van der Waals surface area contributed by atoms with Gasteiger partial charge in [0, 0.05) is 0 Å². The Kier molecular flexibility index (Phi) is 35.5. The number of hydrogen-bond acceptors (Lipinski definition) is 0. The molecule has 248 valence electrons. The molecule has 0 heterocycles. The Labute approximate surface area is 267 Å². The minimum Gasteiger partial charge on any atom is -1.00 e. The molecular formula is C37H78ClN3. The van der Waals surface area contributed by atoms with Crippen molar-refractivity contribution < 1.29 is 17.0 Å². The van der Waals surface area contributed by atoms with Crippen molar-refractivity contribution in [1.29, 1.82) is 0 Å². The largest absolute Gasteiger partial charge is 1.00 e. The van der Waals surface area contributed by atoms with Gasteiger partial charge in [0.05, 0.1) is 39.3 Å². The summed E-state index contributed by atoms with van der Waals surface area (Å²) in [5, 5.41) is 0. The molecule has 0 atom stereocenters. The van der Waals surface area contributed by atoms with Crippen LogP contribution in [0.4, 0.5) is 0 Å². The molecule has 0 radical (unpaired) electrons. The predicted molar refractivity (Wildman–Crippen MR) is 183 cm³/mol. The van der Waals surface area contributed by atoms with E-state index in [0.29, 0.717) is 0 Å². The first-order chi connectivity index (χ1) is 19.7. The normalized spacial score (nSPS) is 11.0. The van der Waals surface area contributed by atoms with Crippen LogP contribution in [0.15, 0.2) is 0 Å². The molecular weight excluding hydrogens is 522 g/mol. The SMILES string of the molecule is CCCCCCCCCCCCCCCCN(CCCC)C(N(CCCC)CCCC)=[N+](CCCC)CCCC.[Cl-]. The third kappa shape index (κ3) is 24.7. The summed E-state index contributed by atoms with van der Waals surface area (Å²) in [6, 6.07) is 0. The number of halogens is 1. The zero-order valence-corrected chi connectivity index (χ0v) is 30.2. The Bertz CT molecular complexity index is 518. The summed E-state index contributed by atoms with van der Waals surface area (Å²) in [6.07, 6.45) is 33.1. The standard InChI is InChI=1S/C37H78N3.ClH/c1-7-13-19-20-21-22-23-24-25-26-27-28-29-30-36-40(35-18-12-6)37(38(31-14-8-2)32-15-9-3)39(33-16-10-4)34-17-11-5;/h7-36H2,1-6H3;1H/q+1;/p-1. The average Bonchev–Trinajstić information content (AvgIpc) is 2.97. The monoisotopic (exact) mass is 600 g/mol. The molecule has 0 aliphatic heterocycles. The van der Waals surface area contributed by atoms with Gasteiger partial charge in [-0.1, -0.05) is 157 Å². The number of guanidine groups is 1. The summed E-state index contributed by atoms with van der Waals surface area (Å²) >= 11 is 0. The fourth-order valence-electron chi connectivity index (χ4n) is 5.78. The van der Waals surface area contributed by atoms with Crippen molar-refractivity contribution in [3.05, 3.63) is 0 Å². The molecule has 41 heavy (non-hydrogen) atoms. The average molecular weight is 601 g/mol. The van der Waals surface area contributed by atoms with Crippen LogP contribution in [0.2, 0.25) is 0 Å². The summed E-state index contributed by atoms with van der Waals surface area (Å²) in [7, 11) is 0. The Balaban J connectivity index is 0. The van der Waals surface area contributed by atoms with Crippen molar-refractivity contribution >= 4 is 5.96 Å². The molecule has 0 aromatic heterocycles. The molecule has 0 saturated heterocycles. The minimum atomic E-state index is 0. The van der Waals surface area contributed by atoms with Gasteiger partial charge in [-0.3, -0.25) is 14.4 Å². The number of rotatable bonds is 30. The highest BCUT2D eigenvalue weighted by Crippen LogP contribution is 2.15. The molecule has 0 bridgehead atoms. The summed E-state index contributed by atoms with van der Waals surface area (Å²) in [5.41, 5.74) is 0. The highest BCUT2D eigenvalue weighted by atomic mass is 35.5. The number of unbranched alkanes of at least 4 members (excludes halogenated alkanes) is 18. The van der Waals surface area contributed by atoms with Crippen molar-refractivity contribution in [2.45, 2.75) is 196 Å². The van der Waals surface area contributed by atoms with Crippen LogP contribution in [0, 0.1) is 0 Å². The van der Waals surface area contributed by atoms with Crippen LogP contribution < -0.4 is 12.4 Å². The lowest BCUT2D eigenvalue weighted by atomic mass is 10.0. The fourth-order valence-corrected chi connectivity index (χ4v) is 5.78. The van der Waals surface area contributed by atoms with Crippen molar-refractivity contribution in [2.75, 3.05) is 39.3 Å². The lowest BCUT2D eigenvalue weighted by molar-refractivity contribution is -0.539. The molecule has 0 fully saturated rings. The summed E-state index contributed by atoms with van der Waals surface area (Å²) in [5.74, 6) is 1.60. The van der Waals surface area contributed by atoms with Crippen LogP contribution in [0.25, 0.3) is 0 Å². The maximum absolute atomic E-state index is 2.85. The zero-order valence-electron chi connectivity index (χ0n) is 29.4. The molecule has 0 aliphatic rings. The van der Waals surface area contributed by atoms with E-state index in [1.54, 1.807) is 5.96 Å². The molecule has 3 nitrogen and oxygen atoms in total. The maximum Gasteiger partial charge on any atom is 0.350 e. The second-order valence-corrected chi connectivity index (χ2v) is 12.6. The summed E-state index contributed by atoms with van der Waals surface area (Å²) in [4.78, 5) is 5.67. The van der Waals surface area contributed by atoms with Gasteiger partial charge in [0.1, 0.15) is 0 Å². The zero-order chi connectivity index (χ0) is 29.5. The van der Waals surface area contributed by atoms with Crippen molar-refractivity contribution in [1.82, 2.24) is 9.80 Å². The van der Waals surface area contributed by atoms with Crippen LogP contribution in [0.5, 0.6) is 0 Å². The Morgan fingerprint density at radius 3 is 0.927 bits per heavy atom. The van der Waals surface area contributed by atoms with Crippen molar-refractivity contribution in [2.24, 2.45) is 0 Å². The molecule has 0 N–H and O–H groups in total. The second kappa shape index (κ2) is 34.1. The second-order valence-electron chi connectivity index (χ2n) is 12.6. The first kappa shape index (κ1) is 42.7. The Morgan fingerprint density at radius 1 is 0.341 bits per heavy atom. The smallest absolute Gasteiger partial charge is 0.350 e. The predicted octanol–water partition coefficient (Wildman–Crippen LogP) is 8.44. The molecule has 0 unspecified atom stereocenters. The minimum absolute atomic E-state index is 0. The van der Waals surface area contributed by atoms with Gasteiger partial charge < -0.3 is 12.4 Å². The van der Waals surface area contributed by atoms with E-state index < -0.39 is 0 Å². The molecule has 0 amide bonds. The van der Waals surface area contributed by atoms with Crippen LogP contribution in [-0.2, 0) is 0 Å². The number of hydrogen-bond donors (Lipinski definition) is 0. The van der Waals surface area contributed by atoms with Gasteiger partial charge in [0.15, 0.2) is 0 Å². The van der Waals surface area contributed by atoms with E-state index in [1.165, 1.54) is 193 Å². The van der Waals surface area contributed by atoms with Crippen molar-refractivity contribution in [3.8, 4) is 0 Å². The first-order valence-electron chi connectivity index (χ1n) is 18.8. The quantitative estimate of drug-likeness (QED) is 0.0354. The Hall–Kier alpha value is -0.440. The Morgan fingerprint density at radius 2 is 0.610 bits per heavy atom. The van der Waals surface area contributed by atoms with Gasteiger partial charge in [-0.25, -0.2) is 0 Å². The fraction of sp³-hybridized carbons (Fsp3) is 0.973. The highest BCUT2D eigenvalue weighted by molar-refractivity contribution is 5.75. The third-order valence-electron chi connectivity index (χ3n) is 8.54. The molecule has 0 aromatic rings. The van der Waals surface area contributed by atoms with E-state index in [1.807, 2.05) is 0 Å². The van der Waals surface area contributed by atoms with E-state index >= 15 is 0 Å². The van der Waals surface area contributed by atoms with Gasteiger partial charge in [0.25, 0.3) is 0 Å². The molecule has 0 aliphatic carbocycles. The highest BCUT2D eigenvalue weighted by Gasteiger charge is 2.28. The van der Waals surface area contributed by atoms with Gasteiger partial charge in [-0.15, -0.1) is 0 Å². The molecule has 0 rings (SSSR count). The lowest BCUT2D eigenvalue weighted by Crippen LogP contribution is -3.00. The van der Waals surface area contributed by atoms with Gasteiger partial charge >= 0.3 is 5.96 Å². The lowest BCUT2D eigenvalue weighted by Gasteiger charge is -2.31. The van der Waals surface area contributed by atoms with Gasteiger partial charge in [0.2, 0.25) is 0 Å². The number of nitrogens with zero attached hydrogens (tertiary/aromatic N) is 3. The molecule has 0 aromatic carbocycles. The topological polar surface area (TPSA) is 9.49 Å². The summed E-state index contributed by atoms with van der Waals surface area (Å²) in [6.45, 7) is 21.5.